The van der Waals surface area contributed by atoms with E-state index in [1.165, 1.54) is 6.07 Å². The van der Waals surface area contributed by atoms with Crippen LogP contribution in [0.3, 0.4) is 0 Å². The first kappa shape index (κ1) is 9.27. The Labute approximate surface area is 88.5 Å². The van der Waals surface area contributed by atoms with Gasteiger partial charge in [-0.2, -0.15) is 0 Å². The van der Waals surface area contributed by atoms with Crippen molar-refractivity contribution in [1.29, 1.82) is 0 Å². The summed E-state index contributed by atoms with van der Waals surface area (Å²) < 4.78 is 5.82. The number of halogens is 1. The fourth-order valence-electron chi connectivity index (χ4n) is 1.36. The standard InChI is InChI=1S/C10H7BrO3/c1-5-6-2-7(11)8(13)3-9(6)14-10(5)4-12/h2-4,13H,1H3. The van der Waals surface area contributed by atoms with Crippen molar-refractivity contribution < 1.29 is 14.3 Å². The number of aldehydes is 1. The second-order valence-corrected chi connectivity index (χ2v) is 3.86. The fraction of sp³-hybridized carbons (Fsp3) is 0.100. The van der Waals surface area contributed by atoms with Crippen LogP contribution in [0.1, 0.15) is 16.1 Å². The zero-order valence-electron chi connectivity index (χ0n) is 7.37. The van der Waals surface area contributed by atoms with Crippen LogP contribution in [-0.2, 0) is 0 Å². The van der Waals surface area contributed by atoms with E-state index in [0.29, 0.717) is 22.1 Å². The number of carbonyl (C=O) groups excluding carboxylic acids is 1. The summed E-state index contributed by atoms with van der Waals surface area (Å²) in [7, 11) is 0. The number of aromatic hydroxyl groups is 1. The molecule has 2 aromatic rings. The topological polar surface area (TPSA) is 50.4 Å². The lowest BCUT2D eigenvalue weighted by molar-refractivity contribution is 0.110. The molecule has 0 amide bonds. The van der Waals surface area contributed by atoms with Crippen molar-refractivity contribution in [2.24, 2.45) is 0 Å². The Bertz CT molecular complexity index is 514. The Balaban J connectivity index is 2.86. The van der Waals surface area contributed by atoms with Crippen molar-refractivity contribution in [1.82, 2.24) is 0 Å². The molecule has 0 atom stereocenters. The second kappa shape index (κ2) is 3.13. The van der Waals surface area contributed by atoms with Crippen molar-refractivity contribution >= 4 is 33.2 Å². The molecule has 0 fully saturated rings. The Morgan fingerprint density at radius 1 is 1.50 bits per heavy atom. The molecule has 1 aromatic heterocycles. The molecule has 0 saturated carbocycles. The average Bonchev–Trinajstić information content (AvgIpc) is 2.45. The van der Waals surface area contributed by atoms with Crippen molar-refractivity contribution in [3.63, 3.8) is 0 Å². The van der Waals surface area contributed by atoms with Crippen LogP contribution < -0.4 is 0 Å². The molecule has 0 unspecified atom stereocenters. The lowest BCUT2D eigenvalue weighted by atomic mass is 10.1. The normalized spacial score (nSPS) is 10.7. The molecule has 0 aliphatic rings. The maximum Gasteiger partial charge on any atom is 0.185 e. The number of phenols is 1. The summed E-state index contributed by atoms with van der Waals surface area (Å²) in [5.41, 5.74) is 1.31. The van der Waals surface area contributed by atoms with Gasteiger partial charge in [0, 0.05) is 17.0 Å². The smallest absolute Gasteiger partial charge is 0.185 e. The SMILES string of the molecule is Cc1c(C=O)oc2cc(O)c(Br)cc12. The molecule has 1 heterocycles. The predicted molar refractivity (Wildman–Crippen MR) is 55.7 cm³/mol. The van der Waals surface area contributed by atoms with Gasteiger partial charge in [-0.1, -0.05) is 0 Å². The molecule has 0 saturated heterocycles. The van der Waals surface area contributed by atoms with E-state index in [-0.39, 0.29) is 5.75 Å². The minimum atomic E-state index is 0.101. The fourth-order valence-corrected chi connectivity index (χ4v) is 1.70. The number of furan rings is 1. The minimum Gasteiger partial charge on any atom is -0.507 e. The van der Waals surface area contributed by atoms with Gasteiger partial charge in [-0.25, -0.2) is 0 Å². The number of rotatable bonds is 1. The summed E-state index contributed by atoms with van der Waals surface area (Å²) in [6.45, 7) is 1.80. The first-order valence-electron chi connectivity index (χ1n) is 4.00. The van der Waals surface area contributed by atoms with Gasteiger partial charge >= 0.3 is 0 Å². The molecule has 0 radical (unpaired) electrons. The zero-order chi connectivity index (χ0) is 10.3. The first-order chi connectivity index (χ1) is 6.63. The monoisotopic (exact) mass is 254 g/mol. The van der Waals surface area contributed by atoms with Gasteiger partial charge in [-0.3, -0.25) is 4.79 Å². The van der Waals surface area contributed by atoms with Gasteiger partial charge in [0.05, 0.1) is 4.47 Å². The maximum atomic E-state index is 10.6. The molecule has 3 nitrogen and oxygen atoms in total. The number of fused-ring (bicyclic) bond motifs is 1. The number of hydrogen-bond acceptors (Lipinski definition) is 3. The molecule has 0 bridgehead atoms. The van der Waals surface area contributed by atoms with Gasteiger partial charge < -0.3 is 9.52 Å². The van der Waals surface area contributed by atoms with E-state index in [1.54, 1.807) is 13.0 Å². The average molecular weight is 255 g/mol. The third kappa shape index (κ3) is 1.23. The Morgan fingerprint density at radius 3 is 2.86 bits per heavy atom. The van der Waals surface area contributed by atoms with Crippen molar-refractivity contribution in [3.8, 4) is 5.75 Å². The van der Waals surface area contributed by atoms with Crippen LogP contribution in [0.5, 0.6) is 5.75 Å². The lowest BCUT2D eigenvalue weighted by Gasteiger charge is -1.95. The van der Waals surface area contributed by atoms with Crippen LogP contribution in [0.25, 0.3) is 11.0 Å². The van der Waals surface area contributed by atoms with Crippen molar-refractivity contribution in [2.75, 3.05) is 0 Å². The molecule has 72 valence electrons. The minimum absolute atomic E-state index is 0.101. The number of aryl methyl sites for hydroxylation is 1. The quantitative estimate of drug-likeness (QED) is 0.797. The number of phenolic OH excluding ortho intramolecular Hbond substituents is 1. The number of benzene rings is 1. The third-order valence-corrected chi connectivity index (χ3v) is 2.78. The Hall–Kier alpha value is -1.29. The van der Waals surface area contributed by atoms with Gasteiger partial charge in [-0.15, -0.1) is 0 Å². The van der Waals surface area contributed by atoms with Crippen molar-refractivity contribution in [3.05, 3.63) is 27.9 Å². The van der Waals surface area contributed by atoms with Gasteiger partial charge in [-0.05, 0) is 28.9 Å². The Kier molecular flexibility index (Phi) is 2.07. The van der Waals surface area contributed by atoms with Gasteiger partial charge in [0.2, 0.25) is 0 Å². The van der Waals surface area contributed by atoms with Crippen LogP contribution in [0.2, 0.25) is 0 Å². The highest BCUT2D eigenvalue weighted by atomic mass is 79.9. The van der Waals surface area contributed by atoms with E-state index in [1.807, 2.05) is 0 Å². The summed E-state index contributed by atoms with van der Waals surface area (Å²) >= 11 is 3.20. The molecule has 1 N–H and O–H groups in total. The summed E-state index contributed by atoms with van der Waals surface area (Å²) in [5.74, 6) is 0.404. The third-order valence-electron chi connectivity index (χ3n) is 2.15. The molecule has 14 heavy (non-hydrogen) atoms. The van der Waals surface area contributed by atoms with E-state index in [0.717, 1.165) is 10.9 Å². The molecule has 2 rings (SSSR count). The highest BCUT2D eigenvalue weighted by molar-refractivity contribution is 9.10. The van der Waals surface area contributed by atoms with E-state index in [9.17, 15) is 9.90 Å². The van der Waals surface area contributed by atoms with E-state index in [4.69, 9.17) is 4.42 Å². The van der Waals surface area contributed by atoms with Crippen LogP contribution in [0, 0.1) is 6.92 Å². The van der Waals surface area contributed by atoms with E-state index < -0.39 is 0 Å². The van der Waals surface area contributed by atoms with Gasteiger partial charge in [0.1, 0.15) is 11.3 Å². The summed E-state index contributed by atoms with van der Waals surface area (Å²) in [6.07, 6.45) is 0.667. The zero-order valence-corrected chi connectivity index (χ0v) is 8.96. The van der Waals surface area contributed by atoms with Gasteiger partial charge in [0.25, 0.3) is 0 Å². The van der Waals surface area contributed by atoms with Crippen LogP contribution in [-0.4, -0.2) is 11.4 Å². The molecule has 0 aliphatic heterocycles. The largest absolute Gasteiger partial charge is 0.507 e. The Morgan fingerprint density at radius 2 is 2.21 bits per heavy atom. The highest BCUT2D eigenvalue weighted by Gasteiger charge is 2.11. The molecule has 0 spiro atoms. The summed E-state index contributed by atoms with van der Waals surface area (Å²) in [6, 6.07) is 3.22. The molecule has 0 aliphatic carbocycles. The highest BCUT2D eigenvalue weighted by Crippen LogP contribution is 2.33. The lowest BCUT2D eigenvalue weighted by Crippen LogP contribution is -1.76. The van der Waals surface area contributed by atoms with Crippen LogP contribution in [0.15, 0.2) is 21.0 Å². The summed E-state index contributed by atoms with van der Waals surface area (Å²) in [5, 5.41) is 10.2. The van der Waals surface area contributed by atoms with E-state index >= 15 is 0 Å². The molecular formula is C10H7BrO3. The number of carbonyl (C=O) groups is 1. The van der Waals surface area contributed by atoms with Gasteiger partial charge in [0.15, 0.2) is 12.0 Å². The second-order valence-electron chi connectivity index (χ2n) is 3.01. The van der Waals surface area contributed by atoms with Crippen molar-refractivity contribution in [2.45, 2.75) is 6.92 Å². The van der Waals surface area contributed by atoms with Crippen LogP contribution in [0.4, 0.5) is 0 Å². The number of hydrogen-bond donors (Lipinski definition) is 1. The van der Waals surface area contributed by atoms with Crippen LogP contribution >= 0.6 is 15.9 Å². The predicted octanol–water partition coefficient (Wildman–Crippen LogP) is 3.02. The van der Waals surface area contributed by atoms with E-state index in [2.05, 4.69) is 15.9 Å². The molecular weight excluding hydrogens is 248 g/mol. The molecule has 4 heteroatoms. The maximum absolute atomic E-state index is 10.6. The molecule has 1 aromatic carbocycles. The summed E-state index contributed by atoms with van der Waals surface area (Å²) in [4.78, 5) is 10.6. The first-order valence-corrected chi connectivity index (χ1v) is 4.79.